The minimum absolute atomic E-state index is 0.0757. The van der Waals surface area contributed by atoms with Crippen LogP contribution in [0.3, 0.4) is 0 Å². The first kappa shape index (κ1) is 17.8. The maximum Gasteiger partial charge on any atom is 0.322 e. The molecule has 1 aromatic carbocycles. The smallest absolute Gasteiger partial charge is 0.320 e. The van der Waals surface area contributed by atoms with Crippen LogP contribution in [-0.4, -0.2) is 17.5 Å². The van der Waals surface area contributed by atoms with E-state index >= 15 is 0 Å². The molecule has 1 aromatic heterocycles. The first-order valence-corrected chi connectivity index (χ1v) is 9.01. The lowest BCUT2D eigenvalue weighted by Crippen LogP contribution is -2.34. The first-order valence-electron chi connectivity index (χ1n) is 7.82. The van der Waals surface area contributed by atoms with E-state index in [0.29, 0.717) is 19.0 Å². The number of para-hydroxylation sites is 1. The molecule has 0 radical (unpaired) electrons. The fourth-order valence-corrected chi connectivity index (χ4v) is 3.58. The molecule has 3 nitrogen and oxygen atoms in total. The van der Waals surface area contributed by atoms with Gasteiger partial charge >= 0.3 is 6.03 Å². The minimum atomic E-state index is -0.0757. The molecule has 0 saturated carbocycles. The summed E-state index contributed by atoms with van der Waals surface area (Å²) in [5, 5.41) is 3.10. The molecule has 0 atom stereocenters. The van der Waals surface area contributed by atoms with Crippen LogP contribution in [0.25, 0.3) is 0 Å². The molecule has 2 amide bonds. The molecule has 0 fully saturated rings. The Kier molecular flexibility index (Phi) is 6.08. The number of amides is 2. The van der Waals surface area contributed by atoms with E-state index in [2.05, 4.69) is 25.2 Å². The number of carbonyl (C=O) groups excluding carboxylic acids is 1. The van der Waals surface area contributed by atoms with Crippen molar-refractivity contribution in [3.8, 4) is 0 Å². The normalized spacial score (nSPS) is 10.9. The predicted octanol–water partition coefficient (Wildman–Crippen LogP) is 5.89. The highest BCUT2D eigenvalue weighted by atomic mass is 35.5. The Hall–Kier alpha value is -1.52. The van der Waals surface area contributed by atoms with Gasteiger partial charge in [-0.05, 0) is 43.0 Å². The second-order valence-corrected chi connectivity index (χ2v) is 7.64. The van der Waals surface area contributed by atoms with Crippen LogP contribution in [0.4, 0.5) is 10.5 Å². The van der Waals surface area contributed by atoms with E-state index in [1.807, 2.05) is 38.1 Å². The lowest BCUT2D eigenvalue weighted by atomic mass is 9.98. The standard InChI is InChI=1S/C18H23ClN2OS/c1-5-21(11-14-9-10-16(19)23-14)18(22)20-17-13(4)7-6-8-15(17)12(2)3/h6-10,12H,5,11H2,1-4H3,(H,20,22). The monoisotopic (exact) mass is 350 g/mol. The molecule has 0 aliphatic heterocycles. The highest BCUT2D eigenvalue weighted by Crippen LogP contribution is 2.28. The molecular weight excluding hydrogens is 328 g/mol. The largest absolute Gasteiger partial charge is 0.322 e. The Morgan fingerprint density at radius 3 is 2.61 bits per heavy atom. The third-order valence-electron chi connectivity index (χ3n) is 3.80. The topological polar surface area (TPSA) is 32.3 Å². The average Bonchev–Trinajstić information content (AvgIpc) is 2.91. The van der Waals surface area contributed by atoms with Gasteiger partial charge in [0.25, 0.3) is 0 Å². The van der Waals surface area contributed by atoms with Crippen molar-refractivity contribution in [1.82, 2.24) is 4.90 Å². The minimum Gasteiger partial charge on any atom is -0.320 e. The fraction of sp³-hybridized carbons (Fsp3) is 0.389. The van der Waals surface area contributed by atoms with Gasteiger partial charge in [-0.2, -0.15) is 0 Å². The maximum atomic E-state index is 12.7. The lowest BCUT2D eigenvalue weighted by Gasteiger charge is -2.23. The Labute approximate surface area is 147 Å². The zero-order chi connectivity index (χ0) is 17.0. The second-order valence-electron chi connectivity index (χ2n) is 5.84. The molecule has 0 aliphatic rings. The number of nitrogens with one attached hydrogen (secondary N) is 1. The van der Waals surface area contributed by atoms with Crippen molar-refractivity contribution in [2.75, 3.05) is 11.9 Å². The number of hydrogen-bond donors (Lipinski definition) is 1. The Balaban J connectivity index is 2.17. The average molecular weight is 351 g/mol. The van der Waals surface area contributed by atoms with Gasteiger partial charge in [0.15, 0.2) is 0 Å². The molecule has 1 N–H and O–H groups in total. The van der Waals surface area contributed by atoms with E-state index in [9.17, 15) is 4.79 Å². The molecule has 124 valence electrons. The van der Waals surface area contributed by atoms with Crippen molar-refractivity contribution in [2.45, 2.75) is 40.2 Å². The van der Waals surface area contributed by atoms with Gasteiger partial charge in [-0.3, -0.25) is 0 Å². The Bertz CT molecular complexity index is 681. The zero-order valence-corrected chi connectivity index (χ0v) is 15.6. The summed E-state index contributed by atoms with van der Waals surface area (Å²) in [6, 6.07) is 9.89. The zero-order valence-electron chi connectivity index (χ0n) is 14.0. The Morgan fingerprint density at radius 2 is 2.04 bits per heavy atom. The molecule has 1 heterocycles. The van der Waals surface area contributed by atoms with E-state index in [1.54, 1.807) is 4.90 Å². The van der Waals surface area contributed by atoms with Gasteiger partial charge in [-0.15, -0.1) is 11.3 Å². The predicted molar refractivity (Wildman–Crippen MR) is 99.7 cm³/mol. The molecule has 2 rings (SSSR count). The number of benzene rings is 1. The number of urea groups is 1. The van der Waals surface area contributed by atoms with Crippen LogP contribution >= 0.6 is 22.9 Å². The second kappa shape index (κ2) is 7.84. The summed E-state index contributed by atoms with van der Waals surface area (Å²) >= 11 is 7.48. The van der Waals surface area contributed by atoms with Crippen LogP contribution in [0, 0.1) is 6.92 Å². The summed E-state index contributed by atoms with van der Waals surface area (Å²) in [5.41, 5.74) is 3.17. The number of rotatable bonds is 5. The summed E-state index contributed by atoms with van der Waals surface area (Å²) in [7, 11) is 0. The highest BCUT2D eigenvalue weighted by molar-refractivity contribution is 7.16. The SMILES string of the molecule is CCN(Cc1ccc(Cl)s1)C(=O)Nc1c(C)cccc1C(C)C. The van der Waals surface area contributed by atoms with Crippen LogP contribution < -0.4 is 5.32 Å². The molecule has 0 unspecified atom stereocenters. The molecular formula is C18H23ClN2OS. The summed E-state index contributed by atoms with van der Waals surface area (Å²) in [6.45, 7) is 9.49. The lowest BCUT2D eigenvalue weighted by molar-refractivity contribution is 0.212. The molecule has 0 saturated heterocycles. The van der Waals surface area contributed by atoms with Crippen molar-refractivity contribution in [3.05, 3.63) is 50.7 Å². The molecule has 5 heteroatoms. The number of carbonyl (C=O) groups is 1. The van der Waals surface area contributed by atoms with Crippen LogP contribution in [0.1, 0.15) is 42.7 Å². The number of thiophene rings is 1. The fourth-order valence-electron chi connectivity index (χ4n) is 2.48. The maximum absolute atomic E-state index is 12.7. The van der Waals surface area contributed by atoms with Crippen molar-refractivity contribution >= 4 is 34.7 Å². The molecule has 23 heavy (non-hydrogen) atoms. The van der Waals surface area contributed by atoms with Crippen molar-refractivity contribution in [1.29, 1.82) is 0 Å². The first-order chi connectivity index (χ1) is 10.9. The van der Waals surface area contributed by atoms with Gasteiger partial charge in [-0.1, -0.05) is 43.6 Å². The molecule has 2 aromatic rings. The van der Waals surface area contributed by atoms with E-state index in [0.717, 1.165) is 26.0 Å². The van der Waals surface area contributed by atoms with Crippen molar-refractivity contribution < 1.29 is 4.79 Å². The van der Waals surface area contributed by atoms with Gasteiger partial charge in [0.2, 0.25) is 0 Å². The number of halogens is 1. The van der Waals surface area contributed by atoms with Crippen molar-refractivity contribution in [2.24, 2.45) is 0 Å². The van der Waals surface area contributed by atoms with E-state index in [1.165, 1.54) is 11.3 Å². The van der Waals surface area contributed by atoms with Gasteiger partial charge in [0.05, 0.1) is 10.9 Å². The molecule has 0 aliphatic carbocycles. The van der Waals surface area contributed by atoms with Crippen LogP contribution in [0.15, 0.2) is 30.3 Å². The quantitative estimate of drug-likeness (QED) is 0.716. The van der Waals surface area contributed by atoms with E-state index < -0.39 is 0 Å². The van der Waals surface area contributed by atoms with Crippen LogP contribution in [0.2, 0.25) is 4.34 Å². The summed E-state index contributed by atoms with van der Waals surface area (Å²) in [5.74, 6) is 0.358. The Morgan fingerprint density at radius 1 is 1.30 bits per heavy atom. The number of anilines is 1. The molecule has 0 bridgehead atoms. The van der Waals surface area contributed by atoms with Gasteiger partial charge in [0, 0.05) is 17.1 Å². The van der Waals surface area contributed by atoms with Crippen LogP contribution in [0.5, 0.6) is 0 Å². The van der Waals surface area contributed by atoms with E-state index in [-0.39, 0.29) is 6.03 Å². The third kappa shape index (κ3) is 4.49. The summed E-state index contributed by atoms with van der Waals surface area (Å²) in [6.07, 6.45) is 0. The number of aryl methyl sites for hydroxylation is 1. The third-order valence-corrected chi connectivity index (χ3v) is 5.02. The van der Waals surface area contributed by atoms with Gasteiger partial charge in [-0.25, -0.2) is 4.79 Å². The van der Waals surface area contributed by atoms with Crippen LogP contribution in [-0.2, 0) is 6.54 Å². The van der Waals surface area contributed by atoms with Crippen molar-refractivity contribution in [3.63, 3.8) is 0 Å². The summed E-state index contributed by atoms with van der Waals surface area (Å²) in [4.78, 5) is 15.5. The van der Waals surface area contributed by atoms with E-state index in [4.69, 9.17) is 11.6 Å². The summed E-state index contributed by atoms with van der Waals surface area (Å²) < 4.78 is 0.748. The number of nitrogens with zero attached hydrogens (tertiary/aromatic N) is 1. The number of hydrogen-bond acceptors (Lipinski definition) is 2. The van der Waals surface area contributed by atoms with Gasteiger partial charge < -0.3 is 10.2 Å². The highest BCUT2D eigenvalue weighted by Gasteiger charge is 2.17. The van der Waals surface area contributed by atoms with Gasteiger partial charge in [0.1, 0.15) is 0 Å². The molecule has 0 spiro atoms.